The van der Waals surface area contributed by atoms with Crippen LogP contribution in [0.4, 0.5) is 0 Å². The Morgan fingerprint density at radius 1 is 1.16 bits per heavy atom. The second kappa shape index (κ2) is 5.72. The van der Waals surface area contributed by atoms with Gasteiger partial charge in [0.25, 0.3) is 0 Å². The normalized spacial score (nSPS) is 19.7. The van der Waals surface area contributed by atoms with Gasteiger partial charge in [0.15, 0.2) is 0 Å². The zero-order valence-corrected chi connectivity index (χ0v) is 11.6. The summed E-state index contributed by atoms with van der Waals surface area (Å²) < 4.78 is 0. The fourth-order valence-electron chi connectivity index (χ4n) is 2.75. The molecule has 0 saturated carbocycles. The Morgan fingerprint density at radius 3 is 2.79 bits per heavy atom. The number of likely N-dealkylation sites (tertiary alicyclic amines) is 1. The summed E-state index contributed by atoms with van der Waals surface area (Å²) in [5, 5.41) is 0.630. The van der Waals surface area contributed by atoms with E-state index >= 15 is 0 Å². The molecule has 2 nitrogen and oxygen atoms in total. The quantitative estimate of drug-likeness (QED) is 0.792. The molecule has 19 heavy (non-hydrogen) atoms. The molecular weight excluding hydrogens is 256 g/mol. The van der Waals surface area contributed by atoms with E-state index in [1.807, 2.05) is 6.07 Å². The van der Waals surface area contributed by atoms with Crippen LogP contribution in [-0.4, -0.2) is 23.0 Å². The molecule has 1 aliphatic heterocycles. The molecular formula is C16H17ClN2. The van der Waals surface area contributed by atoms with Crippen molar-refractivity contribution in [1.29, 1.82) is 0 Å². The second-order valence-corrected chi connectivity index (χ2v) is 5.44. The zero-order chi connectivity index (χ0) is 13.1. The molecule has 2 heterocycles. The first-order valence-corrected chi connectivity index (χ1v) is 7.07. The maximum absolute atomic E-state index is 6.12. The summed E-state index contributed by atoms with van der Waals surface area (Å²) in [6.45, 7) is 3.13. The van der Waals surface area contributed by atoms with Gasteiger partial charge in [-0.15, -0.1) is 0 Å². The van der Waals surface area contributed by atoms with Crippen LogP contribution in [0.3, 0.4) is 0 Å². The number of rotatable bonds is 3. The van der Waals surface area contributed by atoms with Crippen LogP contribution in [0.15, 0.2) is 48.7 Å². The molecule has 0 bridgehead atoms. The van der Waals surface area contributed by atoms with E-state index in [4.69, 9.17) is 11.6 Å². The molecule has 3 rings (SSSR count). The Balaban J connectivity index is 1.65. The third kappa shape index (κ3) is 2.96. The van der Waals surface area contributed by atoms with Crippen LogP contribution in [0.1, 0.15) is 23.5 Å². The highest BCUT2D eigenvalue weighted by atomic mass is 35.5. The summed E-state index contributed by atoms with van der Waals surface area (Å²) in [5.41, 5.74) is 2.57. The van der Waals surface area contributed by atoms with Crippen molar-refractivity contribution in [2.75, 3.05) is 13.1 Å². The Kier molecular flexibility index (Phi) is 3.81. The zero-order valence-electron chi connectivity index (χ0n) is 10.8. The van der Waals surface area contributed by atoms with Crippen molar-refractivity contribution in [3.8, 4) is 0 Å². The highest BCUT2D eigenvalue weighted by Crippen LogP contribution is 2.28. The molecule has 0 radical (unpaired) electrons. The van der Waals surface area contributed by atoms with E-state index in [2.05, 4.69) is 46.3 Å². The number of pyridine rings is 1. The van der Waals surface area contributed by atoms with Crippen molar-refractivity contribution in [3.63, 3.8) is 0 Å². The van der Waals surface area contributed by atoms with Crippen molar-refractivity contribution in [3.05, 3.63) is 64.9 Å². The van der Waals surface area contributed by atoms with E-state index in [1.165, 1.54) is 12.0 Å². The van der Waals surface area contributed by atoms with Crippen molar-refractivity contribution < 1.29 is 0 Å². The minimum atomic E-state index is 0.630. The van der Waals surface area contributed by atoms with E-state index in [0.717, 1.165) is 25.2 Å². The highest BCUT2D eigenvalue weighted by molar-refractivity contribution is 6.30. The van der Waals surface area contributed by atoms with E-state index in [-0.39, 0.29) is 0 Å². The molecule has 2 aromatic rings. The number of hydrogen-bond acceptors (Lipinski definition) is 2. The average Bonchev–Trinajstić information content (AvgIpc) is 2.91. The molecule has 1 saturated heterocycles. The SMILES string of the molecule is Clc1ncccc1CN1CCC(c2ccccc2)C1. The number of aromatic nitrogens is 1. The predicted molar refractivity (Wildman–Crippen MR) is 78.3 cm³/mol. The smallest absolute Gasteiger partial charge is 0.133 e. The molecule has 0 N–H and O–H groups in total. The van der Waals surface area contributed by atoms with Gasteiger partial charge < -0.3 is 0 Å². The van der Waals surface area contributed by atoms with E-state index in [0.29, 0.717) is 11.1 Å². The number of hydrogen-bond donors (Lipinski definition) is 0. The maximum Gasteiger partial charge on any atom is 0.133 e. The average molecular weight is 273 g/mol. The molecule has 98 valence electrons. The topological polar surface area (TPSA) is 16.1 Å². The second-order valence-electron chi connectivity index (χ2n) is 5.08. The third-order valence-electron chi connectivity index (χ3n) is 3.77. The van der Waals surface area contributed by atoms with Crippen LogP contribution >= 0.6 is 11.6 Å². The minimum absolute atomic E-state index is 0.630. The predicted octanol–water partition coefficient (Wildman–Crippen LogP) is 3.72. The Bertz CT molecular complexity index is 541. The third-order valence-corrected chi connectivity index (χ3v) is 4.11. The van der Waals surface area contributed by atoms with Gasteiger partial charge in [-0.1, -0.05) is 48.0 Å². The van der Waals surface area contributed by atoms with E-state index in [9.17, 15) is 0 Å². The molecule has 1 aromatic heterocycles. The standard InChI is InChI=1S/C16H17ClN2/c17-16-15(7-4-9-18-16)12-19-10-8-14(11-19)13-5-2-1-3-6-13/h1-7,9,14H,8,10-12H2. The lowest BCUT2D eigenvalue weighted by molar-refractivity contribution is 0.326. The molecule has 1 aliphatic rings. The summed E-state index contributed by atoms with van der Waals surface area (Å²) >= 11 is 6.12. The number of nitrogens with zero attached hydrogens (tertiary/aromatic N) is 2. The van der Waals surface area contributed by atoms with Crippen LogP contribution in [0, 0.1) is 0 Å². The lowest BCUT2D eigenvalue weighted by Gasteiger charge is -2.16. The van der Waals surface area contributed by atoms with Crippen molar-refractivity contribution in [2.24, 2.45) is 0 Å². The van der Waals surface area contributed by atoms with Crippen molar-refractivity contribution in [2.45, 2.75) is 18.9 Å². The van der Waals surface area contributed by atoms with Gasteiger partial charge in [0.1, 0.15) is 5.15 Å². The van der Waals surface area contributed by atoms with Crippen LogP contribution in [0.2, 0.25) is 5.15 Å². The van der Waals surface area contributed by atoms with Gasteiger partial charge in [-0.05, 0) is 30.5 Å². The summed E-state index contributed by atoms with van der Waals surface area (Å²) in [7, 11) is 0. The number of benzene rings is 1. The first kappa shape index (κ1) is 12.6. The largest absolute Gasteiger partial charge is 0.298 e. The van der Waals surface area contributed by atoms with Crippen molar-refractivity contribution in [1.82, 2.24) is 9.88 Å². The molecule has 0 amide bonds. The molecule has 1 aromatic carbocycles. The lowest BCUT2D eigenvalue weighted by Crippen LogP contribution is -2.20. The molecule has 0 aliphatic carbocycles. The van der Waals surface area contributed by atoms with Gasteiger partial charge >= 0.3 is 0 Å². The Morgan fingerprint density at radius 2 is 2.00 bits per heavy atom. The van der Waals surface area contributed by atoms with Gasteiger partial charge in [0.2, 0.25) is 0 Å². The van der Waals surface area contributed by atoms with Gasteiger partial charge in [-0.25, -0.2) is 4.98 Å². The van der Waals surface area contributed by atoms with Crippen LogP contribution in [0.25, 0.3) is 0 Å². The summed E-state index contributed by atoms with van der Waals surface area (Å²) in [5.74, 6) is 0.650. The van der Waals surface area contributed by atoms with Gasteiger partial charge in [-0.3, -0.25) is 4.90 Å². The minimum Gasteiger partial charge on any atom is -0.298 e. The lowest BCUT2D eigenvalue weighted by atomic mass is 9.99. The van der Waals surface area contributed by atoms with Crippen LogP contribution < -0.4 is 0 Å². The molecule has 1 unspecified atom stereocenters. The first-order valence-electron chi connectivity index (χ1n) is 6.69. The van der Waals surface area contributed by atoms with Crippen molar-refractivity contribution >= 4 is 11.6 Å². The maximum atomic E-state index is 6.12. The summed E-state index contributed by atoms with van der Waals surface area (Å²) in [6.07, 6.45) is 2.96. The fraction of sp³-hybridized carbons (Fsp3) is 0.312. The Hall–Kier alpha value is -1.38. The van der Waals surface area contributed by atoms with E-state index in [1.54, 1.807) is 6.20 Å². The molecule has 1 fully saturated rings. The molecule has 1 atom stereocenters. The molecule has 3 heteroatoms. The van der Waals surface area contributed by atoms with Crippen LogP contribution in [0.5, 0.6) is 0 Å². The fourth-order valence-corrected chi connectivity index (χ4v) is 2.93. The van der Waals surface area contributed by atoms with Crippen LogP contribution in [-0.2, 0) is 6.54 Å². The number of halogens is 1. The Labute approximate surface area is 119 Å². The first-order chi connectivity index (χ1) is 9.33. The molecule has 0 spiro atoms. The monoisotopic (exact) mass is 272 g/mol. The van der Waals surface area contributed by atoms with Gasteiger partial charge in [0, 0.05) is 24.8 Å². The van der Waals surface area contributed by atoms with E-state index < -0.39 is 0 Å². The summed E-state index contributed by atoms with van der Waals surface area (Å²) in [6, 6.07) is 14.8. The summed E-state index contributed by atoms with van der Waals surface area (Å²) in [4.78, 5) is 6.60. The van der Waals surface area contributed by atoms with Gasteiger partial charge in [-0.2, -0.15) is 0 Å². The highest BCUT2D eigenvalue weighted by Gasteiger charge is 2.24. The van der Waals surface area contributed by atoms with Gasteiger partial charge in [0.05, 0.1) is 0 Å².